The Kier molecular flexibility index (Phi) is 6.55. The number of carbonyl (C=O) groups excluding carboxylic acids is 3. The van der Waals surface area contributed by atoms with Crippen LogP contribution in [-0.2, 0) is 14.3 Å². The quantitative estimate of drug-likeness (QED) is 0.656. The summed E-state index contributed by atoms with van der Waals surface area (Å²) in [5, 5.41) is 5.98. The number of carbonyl (C=O) groups is 3. The van der Waals surface area contributed by atoms with E-state index in [4.69, 9.17) is 27.9 Å². The molecule has 158 valence electrons. The molecule has 10 heteroatoms. The van der Waals surface area contributed by atoms with E-state index in [0.29, 0.717) is 36.2 Å². The van der Waals surface area contributed by atoms with Crippen LogP contribution in [0.5, 0.6) is 0 Å². The molecule has 0 saturated carbocycles. The highest BCUT2D eigenvalue weighted by molar-refractivity contribution is 6.35. The molecule has 0 spiro atoms. The Hall–Kier alpha value is -2.03. The van der Waals surface area contributed by atoms with Gasteiger partial charge in [0, 0.05) is 54.9 Å². The predicted octanol–water partition coefficient (Wildman–Crippen LogP) is 1.89. The average Bonchev–Trinajstić information content (AvgIpc) is 2.93. The zero-order valence-corrected chi connectivity index (χ0v) is 17.8. The lowest BCUT2D eigenvalue weighted by Gasteiger charge is -2.38. The summed E-state index contributed by atoms with van der Waals surface area (Å²) in [5.74, 6) is -0.980. The number of benzene rings is 1. The maximum Gasteiger partial charge on any atom is 0.322 e. The largest absolute Gasteiger partial charge is 0.382 e. The van der Waals surface area contributed by atoms with Gasteiger partial charge in [-0.25, -0.2) is 4.79 Å². The molecule has 2 saturated heterocycles. The van der Waals surface area contributed by atoms with Crippen molar-refractivity contribution < 1.29 is 19.1 Å². The standard InChI is InChI=1S/C19H24Cl2N4O4/c1-12(10-19(11-29-2)17(27)22-18(28)23-19)16(26)25-5-3-24(4-6-25)15-8-13(20)7-14(21)9-15/h7-9,12H,3-6,10-11H2,1-2H3,(H2,22,23,27,28). The molecule has 1 aromatic carbocycles. The third-order valence-electron chi connectivity index (χ3n) is 5.29. The van der Waals surface area contributed by atoms with Crippen molar-refractivity contribution in [3.8, 4) is 0 Å². The van der Waals surface area contributed by atoms with Gasteiger partial charge in [0.1, 0.15) is 5.54 Å². The van der Waals surface area contributed by atoms with Gasteiger partial charge in [-0.05, 0) is 24.6 Å². The number of nitrogens with one attached hydrogen (secondary N) is 2. The van der Waals surface area contributed by atoms with Crippen molar-refractivity contribution in [2.45, 2.75) is 18.9 Å². The second kappa shape index (κ2) is 8.77. The van der Waals surface area contributed by atoms with Gasteiger partial charge in [-0.1, -0.05) is 30.1 Å². The average molecular weight is 443 g/mol. The van der Waals surface area contributed by atoms with E-state index in [1.807, 2.05) is 12.1 Å². The molecule has 0 bridgehead atoms. The number of nitrogens with zero attached hydrogens (tertiary/aromatic N) is 2. The first-order chi connectivity index (χ1) is 13.7. The van der Waals surface area contributed by atoms with Crippen molar-refractivity contribution in [2.24, 2.45) is 5.92 Å². The molecule has 2 heterocycles. The van der Waals surface area contributed by atoms with E-state index < -0.39 is 23.4 Å². The number of hydrogen-bond acceptors (Lipinski definition) is 5. The van der Waals surface area contributed by atoms with Crippen molar-refractivity contribution in [3.63, 3.8) is 0 Å². The highest BCUT2D eigenvalue weighted by Gasteiger charge is 2.48. The highest BCUT2D eigenvalue weighted by atomic mass is 35.5. The number of amides is 4. The summed E-state index contributed by atoms with van der Waals surface area (Å²) in [6, 6.07) is 4.81. The van der Waals surface area contributed by atoms with Crippen LogP contribution in [0.4, 0.5) is 10.5 Å². The Morgan fingerprint density at radius 1 is 1.17 bits per heavy atom. The Bertz CT molecular complexity index is 793. The van der Waals surface area contributed by atoms with Gasteiger partial charge >= 0.3 is 6.03 Å². The number of imide groups is 1. The number of halogens is 2. The van der Waals surface area contributed by atoms with Crippen LogP contribution in [0.3, 0.4) is 0 Å². The van der Waals surface area contributed by atoms with E-state index in [9.17, 15) is 14.4 Å². The minimum absolute atomic E-state index is 0.00545. The molecule has 0 aromatic heterocycles. The third kappa shape index (κ3) is 4.76. The Balaban J connectivity index is 1.61. The molecular weight excluding hydrogens is 419 g/mol. The van der Waals surface area contributed by atoms with E-state index in [-0.39, 0.29) is 18.9 Å². The van der Waals surface area contributed by atoms with Crippen LogP contribution < -0.4 is 15.5 Å². The van der Waals surface area contributed by atoms with Crippen molar-refractivity contribution in [1.82, 2.24) is 15.5 Å². The molecule has 0 aliphatic carbocycles. The monoisotopic (exact) mass is 442 g/mol. The van der Waals surface area contributed by atoms with E-state index >= 15 is 0 Å². The SMILES string of the molecule is COCC1(CC(C)C(=O)N2CCN(c3cc(Cl)cc(Cl)c3)CC2)NC(=O)NC1=O. The molecule has 1 aromatic rings. The molecule has 2 aliphatic rings. The summed E-state index contributed by atoms with van der Waals surface area (Å²) in [7, 11) is 1.45. The molecule has 29 heavy (non-hydrogen) atoms. The number of rotatable bonds is 6. The molecule has 3 rings (SSSR count). The van der Waals surface area contributed by atoms with Crippen molar-refractivity contribution in [2.75, 3.05) is 44.8 Å². The third-order valence-corrected chi connectivity index (χ3v) is 5.72. The molecular formula is C19H24Cl2N4O4. The summed E-state index contributed by atoms with van der Waals surface area (Å²) in [6.45, 7) is 4.16. The molecule has 2 fully saturated rings. The maximum absolute atomic E-state index is 13.0. The normalized spacial score (nSPS) is 23.0. The second-order valence-electron chi connectivity index (χ2n) is 7.47. The van der Waals surface area contributed by atoms with Gasteiger partial charge in [0.25, 0.3) is 5.91 Å². The maximum atomic E-state index is 13.0. The van der Waals surface area contributed by atoms with Gasteiger partial charge in [0.05, 0.1) is 6.61 Å². The number of hydrogen-bond donors (Lipinski definition) is 2. The van der Waals surface area contributed by atoms with Gasteiger partial charge in [-0.3, -0.25) is 14.9 Å². The smallest absolute Gasteiger partial charge is 0.322 e. The highest BCUT2D eigenvalue weighted by Crippen LogP contribution is 2.27. The predicted molar refractivity (Wildman–Crippen MR) is 110 cm³/mol. The number of urea groups is 1. The van der Waals surface area contributed by atoms with Gasteiger partial charge in [-0.15, -0.1) is 0 Å². The summed E-state index contributed by atoms with van der Waals surface area (Å²) in [4.78, 5) is 40.7. The minimum atomic E-state index is -1.22. The number of ether oxygens (including phenoxy) is 1. The Morgan fingerprint density at radius 3 is 2.31 bits per heavy atom. The van der Waals surface area contributed by atoms with Crippen LogP contribution in [0.1, 0.15) is 13.3 Å². The topological polar surface area (TPSA) is 91.0 Å². The van der Waals surface area contributed by atoms with Crippen molar-refractivity contribution in [3.05, 3.63) is 28.2 Å². The zero-order valence-electron chi connectivity index (χ0n) is 16.3. The van der Waals surface area contributed by atoms with Crippen molar-refractivity contribution >= 4 is 46.7 Å². The number of piperazine rings is 1. The van der Waals surface area contributed by atoms with Crippen LogP contribution in [0.15, 0.2) is 18.2 Å². The molecule has 2 unspecified atom stereocenters. The summed E-state index contributed by atoms with van der Waals surface area (Å²) < 4.78 is 5.13. The molecule has 8 nitrogen and oxygen atoms in total. The Labute approximate surface area is 179 Å². The van der Waals surface area contributed by atoms with Crippen LogP contribution >= 0.6 is 23.2 Å². The minimum Gasteiger partial charge on any atom is -0.382 e. The molecule has 2 aliphatic heterocycles. The van der Waals surface area contributed by atoms with Gasteiger partial charge in [0.15, 0.2) is 0 Å². The van der Waals surface area contributed by atoms with Crippen LogP contribution in [-0.4, -0.2) is 68.2 Å². The van der Waals surface area contributed by atoms with Crippen LogP contribution in [0.25, 0.3) is 0 Å². The number of methoxy groups -OCH3 is 1. The Morgan fingerprint density at radius 2 is 1.79 bits per heavy atom. The first-order valence-corrected chi connectivity index (χ1v) is 10.1. The van der Waals surface area contributed by atoms with E-state index in [2.05, 4.69) is 15.5 Å². The van der Waals surface area contributed by atoms with E-state index in [1.165, 1.54) is 7.11 Å². The van der Waals surface area contributed by atoms with Gasteiger partial charge in [-0.2, -0.15) is 0 Å². The van der Waals surface area contributed by atoms with Gasteiger partial charge < -0.3 is 19.9 Å². The summed E-state index contributed by atoms with van der Waals surface area (Å²) >= 11 is 12.2. The summed E-state index contributed by atoms with van der Waals surface area (Å²) in [6.07, 6.45) is 0.168. The number of anilines is 1. The second-order valence-corrected chi connectivity index (χ2v) is 8.34. The van der Waals surface area contributed by atoms with E-state index in [0.717, 1.165) is 5.69 Å². The molecule has 0 radical (unpaired) electrons. The van der Waals surface area contributed by atoms with Crippen molar-refractivity contribution in [1.29, 1.82) is 0 Å². The fraction of sp³-hybridized carbons (Fsp3) is 0.526. The first kappa shape index (κ1) is 21.7. The molecule has 2 N–H and O–H groups in total. The van der Waals surface area contributed by atoms with Crippen LogP contribution in [0.2, 0.25) is 10.0 Å². The first-order valence-electron chi connectivity index (χ1n) is 9.36. The zero-order chi connectivity index (χ0) is 21.2. The van der Waals surface area contributed by atoms with Gasteiger partial charge in [0.2, 0.25) is 5.91 Å². The molecule has 2 atom stereocenters. The summed E-state index contributed by atoms with van der Waals surface area (Å²) in [5.41, 5.74) is -0.299. The lowest BCUT2D eigenvalue weighted by Crippen LogP contribution is -2.55. The fourth-order valence-electron chi connectivity index (χ4n) is 3.91. The van der Waals surface area contributed by atoms with Crippen LogP contribution in [0, 0.1) is 5.92 Å². The van der Waals surface area contributed by atoms with E-state index in [1.54, 1.807) is 17.9 Å². The lowest BCUT2D eigenvalue weighted by molar-refractivity contribution is -0.137. The fourth-order valence-corrected chi connectivity index (χ4v) is 4.42. The lowest BCUT2D eigenvalue weighted by atomic mass is 9.88. The molecule has 4 amide bonds.